The van der Waals surface area contributed by atoms with Crippen molar-refractivity contribution in [2.45, 2.75) is 59.1 Å². The molecule has 1 aliphatic rings. The van der Waals surface area contributed by atoms with Gasteiger partial charge in [0.05, 0.1) is 0 Å². The first-order valence-electron chi connectivity index (χ1n) is 8.15. The fourth-order valence-corrected chi connectivity index (χ4v) is 2.64. The molecular formula is C16H33N3O2. The molecule has 1 heterocycles. The minimum atomic E-state index is -0.431. The lowest BCUT2D eigenvalue weighted by Crippen LogP contribution is -2.45. The van der Waals surface area contributed by atoms with Crippen LogP contribution < -0.4 is 11.1 Å². The van der Waals surface area contributed by atoms with E-state index in [1.54, 1.807) is 0 Å². The Bertz CT molecular complexity index is 326. The van der Waals surface area contributed by atoms with Gasteiger partial charge < -0.3 is 20.7 Å². The van der Waals surface area contributed by atoms with Crippen LogP contribution in [-0.4, -0.2) is 48.8 Å². The number of nitrogens with two attached hydrogens (primary N) is 1. The molecule has 0 spiro atoms. The highest BCUT2D eigenvalue weighted by molar-refractivity contribution is 5.69. The van der Waals surface area contributed by atoms with Gasteiger partial charge in [-0.2, -0.15) is 0 Å². The molecule has 0 aromatic heterocycles. The number of ether oxygens (including phenoxy) is 1. The van der Waals surface area contributed by atoms with Gasteiger partial charge in [0.15, 0.2) is 0 Å². The van der Waals surface area contributed by atoms with Crippen molar-refractivity contribution in [3.63, 3.8) is 0 Å². The van der Waals surface area contributed by atoms with Crippen LogP contribution in [0.4, 0.5) is 4.79 Å². The van der Waals surface area contributed by atoms with Crippen LogP contribution in [0, 0.1) is 11.8 Å². The summed E-state index contributed by atoms with van der Waals surface area (Å²) >= 11 is 0. The highest BCUT2D eigenvalue weighted by Gasteiger charge is 2.31. The third-order valence-electron chi connectivity index (χ3n) is 4.04. The van der Waals surface area contributed by atoms with Crippen molar-refractivity contribution in [3.8, 4) is 0 Å². The first-order valence-corrected chi connectivity index (χ1v) is 8.15. The molecule has 5 nitrogen and oxygen atoms in total. The summed E-state index contributed by atoms with van der Waals surface area (Å²) in [6, 6.07) is 0.241. The maximum atomic E-state index is 12.2. The Labute approximate surface area is 129 Å². The van der Waals surface area contributed by atoms with Crippen LogP contribution in [0.5, 0.6) is 0 Å². The quantitative estimate of drug-likeness (QED) is 0.789. The maximum absolute atomic E-state index is 12.2. The van der Waals surface area contributed by atoms with Crippen molar-refractivity contribution < 1.29 is 9.53 Å². The fourth-order valence-electron chi connectivity index (χ4n) is 2.64. The van der Waals surface area contributed by atoms with Gasteiger partial charge in [0.2, 0.25) is 0 Å². The second-order valence-corrected chi connectivity index (χ2v) is 7.37. The average Bonchev–Trinajstić information content (AvgIpc) is 2.80. The summed E-state index contributed by atoms with van der Waals surface area (Å²) in [5.74, 6) is 1.06. The Morgan fingerprint density at radius 1 is 1.43 bits per heavy atom. The molecule has 21 heavy (non-hydrogen) atoms. The van der Waals surface area contributed by atoms with E-state index in [4.69, 9.17) is 10.5 Å². The zero-order valence-electron chi connectivity index (χ0n) is 14.3. The van der Waals surface area contributed by atoms with Gasteiger partial charge >= 0.3 is 6.09 Å². The molecule has 124 valence electrons. The van der Waals surface area contributed by atoms with Crippen LogP contribution in [0.3, 0.4) is 0 Å². The molecule has 5 heteroatoms. The van der Waals surface area contributed by atoms with E-state index >= 15 is 0 Å². The minimum absolute atomic E-state index is 0.189. The van der Waals surface area contributed by atoms with E-state index in [-0.39, 0.29) is 12.1 Å². The van der Waals surface area contributed by atoms with Gasteiger partial charge in [-0.25, -0.2) is 4.79 Å². The number of carbonyl (C=O) groups is 1. The molecule has 3 N–H and O–H groups in total. The zero-order valence-corrected chi connectivity index (χ0v) is 14.3. The lowest BCUT2D eigenvalue weighted by molar-refractivity contribution is 0.0226. The van der Waals surface area contributed by atoms with Crippen molar-refractivity contribution in [2.75, 3.05) is 26.2 Å². The number of rotatable bonds is 6. The Balaban J connectivity index is 2.42. The third kappa shape index (κ3) is 6.22. The number of carbonyl (C=O) groups excluding carboxylic acids is 1. The molecule has 2 atom stereocenters. The molecular weight excluding hydrogens is 266 g/mol. The van der Waals surface area contributed by atoms with Gasteiger partial charge in [-0.15, -0.1) is 0 Å². The number of nitrogens with zero attached hydrogens (tertiary/aromatic N) is 1. The van der Waals surface area contributed by atoms with E-state index in [9.17, 15) is 4.79 Å². The summed E-state index contributed by atoms with van der Waals surface area (Å²) in [6.45, 7) is 13.3. The Morgan fingerprint density at radius 3 is 2.62 bits per heavy atom. The predicted octanol–water partition coefficient (Wildman–Crippen LogP) is 2.21. The van der Waals surface area contributed by atoms with E-state index in [1.165, 1.54) is 0 Å². The summed E-state index contributed by atoms with van der Waals surface area (Å²) in [5.41, 5.74) is 5.36. The molecule has 0 saturated carbocycles. The predicted molar refractivity (Wildman–Crippen MR) is 86.2 cm³/mol. The Kier molecular flexibility index (Phi) is 6.94. The molecule has 0 aromatic carbocycles. The molecule has 1 amide bonds. The van der Waals surface area contributed by atoms with Crippen molar-refractivity contribution in [1.29, 1.82) is 0 Å². The monoisotopic (exact) mass is 299 g/mol. The average molecular weight is 299 g/mol. The van der Waals surface area contributed by atoms with Crippen LogP contribution in [0.1, 0.15) is 47.5 Å². The van der Waals surface area contributed by atoms with Crippen LogP contribution in [0.2, 0.25) is 0 Å². The zero-order chi connectivity index (χ0) is 16.0. The van der Waals surface area contributed by atoms with Crippen LogP contribution in [0.25, 0.3) is 0 Å². The van der Waals surface area contributed by atoms with Crippen molar-refractivity contribution in [2.24, 2.45) is 17.6 Å². The fraction of sp³-hybridized carbons (Fsp3) is 0.938. The minimum Gasteiger partial charge on any atom is -0.444 e. The van der Waals surface area contributed by atoms with Crippen LogP contribution in [0.15, 0.2) is 0 Å². The molecule has 0 radical (unpaired) electrons. The van der Waals surface area contributed by atoms with Gasteiger partial charge in [0.25, 0.3) is 0 Å². The topological polar surface area (TPSA) is 67.6 Å². The largest absolute Gasteiger partial charge is 0.444 e. The molecule has 0 aliphatic carbocycles. The number of hydrogen-bond donors (Lipinski definition) is 2. The normalized spacial score (nSPS) is 20.9. The molecule has 1 aliphatic heterocycles. The first kappa shape index (κ1) is 18.2. The van der Waals surface area contributed by atoms with E-state index < -0.39 is 5.60 Å². The van der Waals surface area contributed by atoms with Gasteiger partial charge in [0, 0.05) is 19.1 Å². The molecule has 1 fully saturated rings. The summed E-state index contributed by atoms with van der Waals surface area (Å²) in [4.78, 5) is 14.1. The standard InChI is InChI=1S/C16H33N3O2/c1-12(2)13(9-17)10-18-11-14-7-6-8-19(14)15(20)21-16(3,4)5/h12-14,18H,6-11,17H2,1-5H3. The molecule has 1 saturated heterocycles. The maximum Gasteiger partial charge on any atom is 0.410 e. The van der Waals surface area contributed by atoms with Gasteiger partial charge in [-0.3, -0.25) is 0 Å². The second kappa shape index (κ2) is 7.99. The van der Waals surface area contributed by atoms with E-state index in [1.807, 2.05) is 25.7 Å². The van der Waals surface area contributed by atoms with E-state index in [0.717, 1.165) is 32.5 Å². The Morgan fingerprint density at radius 2 is 2.10 bits per heavy atom. The molecule has 0 bridgehead atoms. The first-order chi connectivity index (χ1) is 9.74. The van der Waals surface area contributed by atoms with Crippen LogP contribution in [-0.2, 0) is 4.74 Å². The SMILES string of the molecule is CC(C)C(CN)CNCC1CCCN1C(=O)OC(C)(C)C. The number of likely N-dealkylation sites (tertiary alicyclic amines) is 1. The molecule has 1 rings (SSSR count). The van der Waals surface area contributed by atoms with E-state index in [2.05, 4.69) is 19.2 Å². The lowest BCUT2D eigenvalue weighted by Gasteiger charge is -2.29. The Hall–Kier alpha value is -0.810. The summed E-state index contributed by atoms with van der Waals surface area (Å²) < 4.78 is 5.48. The number of amides is 1. The van der Waals surface area contributed by atoms with Gasteiger partial charge in [-0.1, -0.05) is 13.8 Å². The molecule has 0 aromatic rings. The number of hydrogen-bond acceptors (Lipinski definition) is 4. The van der Waals surface area contributed by atoms with E-state index in [0.29, 0.717) is 18.4 Å². The summed E-state index contributed by atoms with van der Waals surface area (Å²) in [6.07, 6.45) is 1.91. The van der Waals surface area contributed by atoms with Crippen molar-refractivity contribution >= 4 is 6.09 Å². The van der Waals surface area contributed by atoms with Gasteiger partial charge in [-0.05, 0) is 58.5 Å². The summed E-state index contributed by atoms with van der Waals surface area (Å²) in [5, 5.41) is 3.48. The van der Waals surface area contributed by atoms with Crippen LogP contribution >= 0.6 is 0 Å². The second-order valence-electron chi connectivity index (χ2n) is 7.37. The van der Waals surface area contributed by atoms with Gasteiger partial charge in [0.1, 0.15) is 5.60 Å². The highest BCUT2D eigenvalue weighted by atomic mass is 16.6. The summed E-state index contributed by atoms with van der Waals surface area (Å²) in [7, 11) is 0. The number of nitrogens with one attached hydrogen (secondary N) is 1. The highest BCUT2D eigenvalue weighted by Crippen LogP contribution is 2.20. The van der Waals surface area contributed by atoms with Crippen molar-refractivity contribution in [3.05, 3.63) is 0 Å². The van der Waals surface area contributed by atoms with Crippen molar-refractivity contribution in [1.82, 2.24) is 10.2 Å². The lowest BCUT2D eigenvalue weighted by atomic mass is 9.96. The smallest absolute Gasteiger partial charge is 0.410 e. The third-order valence-corrected chi connectivity index (χ3v) is 4.04. The molecule has 2 unspecified atom stereocenters.